The van der Waals surface area contributed by atoms with Crippen molar-refractivity contribution in [3.8, 4) is 0 Å². The number of pyridine rings is 1. The maximum atomic E-state index is 11.9. The van der Waals surface area contributed by atoms with Crippen LogP contribution in [0.25, 0.3) is 5.65 Å². The molecular formula is C17H22N4O2. The highest BCUT2D eigenvalue weighted by Crippen LogP contribution is 2.21. The number of carbonyl (C=O) groups excluding carboxylic acids is 1. The number of fused-ring (bicyclic) bond motifs is 1. The molecule has 4 rings (SSSR count). The number of aromatic nitrogens is 2. The minimum absolute atomic E-state index is 0.0395. The van der Waals surface area contributed by atoms with E-state index in [4.69, 9.17) is 4.74 Å². The fourth-order valence-electron chi connectivity index (χ4n) is 3.56. The first-order valence-electron chi connectivity index (χ1n) is 8.28. The summed E-state index contributed by atoms with van der Waals surface area (Å²) in [5.74, 6) is -0.0497. The minimum Gasteiger partial charge on any atom is -0.461 e. The van der Waals surface area contributed by atoms with Crippen molar-refractivity contribution in [2.75, 3.05) is 26.2 Å². The number of imidazole rings is 1. The molecule has 2 aromatic rings. The van der Waals surface area contributed by atoms with Gasteiger partial charge in [-0.25, -0.2) is 4.98 Å². The van der Waals surface area contributed by atoms with E-state index in [0.717, 1.165) is 50.5 Å². The molecule has 2 aromatic heterocycles. The Morgan fingerprint density at radius 1 is 1.26 bits per heavy atom. The number of carbonyl (C=O) groups is 1. The molecule has 2 saturated heterocycles. The van der Waals surface area contributed by atoms with Crippen LogP contribution in [0.2, 0.25) is 0 Å². The first kappa shape index (κ1) is 14.7. The third-order valence-electron chi connectivity index (χ3n) is 4.79. The highest BCUT2D eigenvalue weighted by molar-refractivity contribution is 5.78. The van der Waals surface area contributed by atoms with Gasteiger partial charge in [0, 0.05) is 51.5 Å². The van der Waals surface area contributed by atoms with Gasteiger partial charge < -0.3 is 9.14 Å². The Morgan fingerprint density at radius 3 is 2.78 bits per heavy atom. The molecule has 122 valence electrons. The van der Waals surface area contributed by atoms with Crippen LogP contribution in [0.1, 0.15) is 19.0 Å². The molecule has 0 spiro atoms. The smallest absolute Gasteiger partial charge is 0.323 e. The second kappa shape index (κ2) is 5.94. The van der Waals surface area contributed by atoms with Crippen molar-refractivity contribution in [2.24, 2.45) is 0 Å². The molecule has 6 heteroatoms. The van der Waals surface area contributed by atoms with Crippen LogP contribution in [-0.2, 0) is 16.1 Å². The molecule has 2 fully saturated rings. The number of rotatable bonds is 3. The number of cyclic esters (lactones) is 1. The molecule has 0 aromatic carbocycles. The number of piperazine rings is 1. The first-order valence-corrected chi connectivity index (χ1v) is 8.28. The Kier molecular flexibility index (Phi) is 3.79. The summed E-state index contributed by atoms with van der Waals surface area (Å²) < 4.78 is 7.33. The van der Waals surface area contributed by atoms with Crippen molar-refractivity contribution in [2.45, 2.75) is 32.0 Å². The summed E-state index contributed by atoms with van der Waals surface area (Å²) in [7, 11) is 0. The van der Waals surface area contributed by atoms with Gasteiger partial charge >= 0.3 is 5.97 Å². The highest BCUT2D eigenvalue weighted by atomic mass is 16.6. The van der Waals surface area contributed by atoms with Crippen LogP contribution in [0.15, 0.2) is 30.6 Å². The van der Waals surface area contributed by atoms with Gasteiger partial charge in [0.05, 0.1) is 5.69 Å². The normalized spacial score (nSPS) is 26.7. The van der Waals surface area contributed by atoms with Gasteiger partial charge in [0.15, 0.2) is 0 Å². The van der Waals surface area contributed by atoms with Crippen LogP contribution in [0.5, 0.6) is 0 Å². The zero-order chi connectivity index (χ0) is 15.8. The van der Waals surface area contributed by atoms with Gasteiger partial charge in [-0.15, -0.1) is 0 Å². The summed E-state index contributed by atoms with van der Waals surface area (Å²) in [5.41, 5.74) is 2.09. The van der Waals surface area contributed by atoms with E-state index < -0.39 is 0 Å². The van der Waals surface area contributed by atoms with E-state index in [1.54, 1.807) is 0 Å². The molecule has 0 N–H and O–H groups in total. The number of esters is 1. The van der Waals surface area contributed by atoms with Crippen LogP contribution in [0.3, 0.4) is 0 Å². The second-order valence-electron chi connectivity index (χ2n) is 6.51. The molecule has 23 heavy (non-hydrogen) atoms. The fraction of sp³-hybridized carbons (Fsp3) is 0.529. The number of hydrogen-bond donors (Lipinski definition) is 0. The molecule has 2 aliphatic heterocycles. The van der Waals surface area contributed by atoms with Crippen LogP contribution >= 0.6 is 0 Å². The fourth-order valence-corrected chi connectivity index (χ4v) is 3.56. The van der Waals surface area contributed by atoms with E-state index in [0.29, 0.717) is 0 Å². The predicted octanol–water partition coefficient (Wildman–Crippen LogP) is 1.16. The lowest BCUT2D eigenvalue weighted by Crippen LogP contribution is -2.51. The first-order chi connectivity index (χ1) is 11.2. The number of ether oxygens (including phenoxy) is 1. The van der Waals surface area contributed by atoms with Gasteiger partial charge in [-0.2, -0.15) is 0 Å². The number of hydrogen-bond acceptors (Lipinski definition) is 5. The minimum atomic E-state index is -0.0497. The summed E-state index contributed by atoms with van der Waals surface area (Å²) in [6.07, 6.45) is 5.00. The standard InChI is InChI=1S/C17H22N4O2/c1-13-10-15(17(22)23-13)20-8-6-19(7-9-20)11-14-12-21-5-3-2-4-16(21)18-14/h2-5,12-13,15H,6-11H2,1H3. The van der Waals surface area contributed by atoms with Gasteiger partial charge in [-0.05, 0) is 19.1 Å². The maximum Gasteiger partial charge on any atom is 0.323 e. The zero-order valence-electron chi connectivity index (χ0n) is 13.4. The lowest BCUT2D eigenvalue weighted by molar-refractivity contribution is -0.145. The van der Waals surface area contributed by atoms with E-state index in [1.165, 1.54) is 0 Å². The SMILES string of the molecule is CC1CC(N2CCN(Cc3cn4ccccc4n3)CC2)C(=O)O1. The average Bonchev–Trinajstić information content (AvgIpc) is 3.10. The molecule has 0 amide bonds. The molecule has 0 aliphatic carbocycles. The van der Waals surface area contributed by atoms with E-state index in [1.807, 2.05) is 31.3 Å². The van der Waals surface area contributed by atoms with Crippen LogP contribution in [-0.4, -0.2) is 63.5 Å². The van der Waals surface area contributed by atoms with Crippen molar-refractivity contribution in [3.63, 3.8) is 0 Å². The molecular weight excluding hydrogens is 292 g/mol. The molecule has 6 nitrogen and oxygen atoms in total. The maximum absolute atomic E-state index is 11.9. The third-order valence-corrected chi connectivity index (χ3v) is 4.79. The summed E-state index contributed by atoms with van der Waals surface area (Å²) in [4.78, 5) is 21.2. The predicted molar refractivity (Wildman–Crippen MR) is 86.0 cm³/mol. The third kappa shape index (κ3) is 2.96. The van der Waals surface area contributed by atoms with Gasteiger partial charge in [0.25, 0.3) is 0 Å². The van der Waals surface area contributed by atoms with E-state index >= 15 is 0 Å². The summed E-state index contributed by atoms with van der Waals surface area (Å²) in [6.45, 7) is 6.59. The Bertz CT molecular complexity index is 672. The van der Waals surface area contributed by atoms with Crippen molar-refractivity contribution in [1.29, 1.82) is 0 Å². The van der Waals surface area contributed by atoms with Gasteiger partial charge in [-0.3, -0.25) is 14.6 Å². The van der Waals surface area contributed by atoms with Crippen LogP contribution < -0.4 is 0 Å². The molecule has 4 heterocycles. The molecule has 0 radical (unpaired) electrons. The van der Waals surface area contributed by atoms with E-state index in [9.17, 15) is 4.79 Å². The Hall–Kier alpha value is -1.92. The second-order valence-corrected chi connectivity index (χ2v) is 6.51. The number of nitrogens with zero attached hydrogens (tertiary/aromatic N) is 4. The van der Waals surface area contributed by atoms with Crippen molar-refractivity contribution in [3.05, 3.63) is 36.3 Å². The summed E-state index contributed by atoms with van der Waals surface area (Å²) >= 11 is 0. The van der Waals surface area contributed by atoms with Crippen LogP contribution in [0, 0.1) is 0 Å². The van der Waals surface area contributed by atoms with Gasteiger partial charge in [-0.1, -0.05) is 6.07 Å². The van der Waals surface area contributed by atoms with Crippen LogP contribution in [0.4, 0.5) is 0 Å². The quantitative estimate of drug-likeness (QED) is 0.796. The lowest BCUT2D eigenvalue weighted by Gasteiger charge is -2.36. The van der Waals surface area contributed by atoms with Crippen molar-refractivity contribution < 1.29 is 9.53 Å². The topological polar surface area (TPSA) is 50.1 Å². The van der Waals surface area contributed by atoms with E-state index in [-0.39, 0.29) is 18.1 Å². The average molecular weight is 314 g/mol. The molecule has 0 saturated carbocycles. The molecule has 2 unspecified atom stereocenters. The Labute approximate surface area is 135 Å². The molecule has 0 bridgehead atoms. The van der Waals surface area contributed by atoms with E-state index in [2.05, 4.69) is 25.4 Å². The highest BCUT2D eigenvalue weighted by Gasteiger charge is 2.37. The Balaban J connectivity index is 1.35. The summed E-state index contributed by atoms with van der Waals surface area (Å²) in [5, 5.41) is 0. The van der Waals surface area contributed by atoms with Crippen molar-refractivity contribution >= 4 is 11.6 Å². The Morgan fingerprint density at radius 2 is 2.09 bits per heavy atom. The lowest BCUT2D eigenvalue weighted by atomic mass is 10.1. The monoisotopic (exact) mass is 314 g/mol. The zero-order valence-corrected chi connectivity index (χ0v) is 13.4. The summed E-state index contributed by atoms with van der Waals surface area (Å²) in [6, 6.07) is 6.00. The van der Waals surface area contributed by atoms with Gasteiger partial charge in [0.2, 0.25) is 0 Å². The molecule has 2 aliphatic rings. The van der Waals surface area contributed by atoms with Crippen molar-refractivity contribution in [1.82, 2.24) is 19.2 Å². The van der Waals surface area contributed by atoms with Gasteiger partial charge in [0.1, 0.15) is 17.8 Å². The molecule has 2 atom stereocenters. The largest absolute Gasteiger partial charge is 0.461 e.